The van der Waals surface area contributed by atoms with E-state index < -0.39 is 0 Å². The molecule has 1 aliphatic carbocycles. The number of hydrogen-bond acceptors (Lipinski definition) is 0. The summed E-state index contributed by atoms with van der Waals surface area (Å²) < 4.78 is 0. The minimum Gasteiger partial charge on any atom is -0.103 e. The van der Waals surface area contributed by atoms with Crippen molar-refractivity contribution in [2.45, 2.75) is 18.8 Å². The molecule has 0 saturated carbocycles. The highest BCUT2D eigenvalue weighted by molar-refractivity contribution is 5.86. The predicted octanol–water partition coefficient (Wildman–Crippen LogP) is 6.94. The summed E-state index contributed by atoms with van der Waals surface area (Å²) >= 11 is 0. The molecule has 27 heavy (non-hydrogen) atoms. The first-order chi connectivity index (χ1) is 13.3. The van der Waals surface area contributed by atoms with Crippen LogP contribution in [0.15, 0.2) is 115 Å². The fraction of sp³-hybridized carbons (Fsp3) is 0.111. The van der Waals surface area contributed by atoms with Crippen molar-refractivity contribution in [2.24, 2.45) is 0 Å². The number of rotatable bonds is 5. The second-order valence-electron chi connectivity index (χ2n) is 6.99. The molecule has 0 bridgehead atoms. The van der Waals surface area contributed by atoms with Gasteiger partial charge in [-0.2, -0.15) is 0 Å². The first kappa shape index (κ1) is 17.3. The van der Waals surface area contributed by atoms with E-state index in [4.69, 9.17) is 0 Å². The van der Waals surface area contributed by atoms with E-state index in [1.807, 2.05) is 6.08 Å². The second kappa shape index (κ2) is 7.25. The molecule has 0 fully saturated rings. The van der Waals surface area contributed by atoms with Crippen LogP contribution in [0.1, 0.15) is 35.6 Å². The summed E-state index contributed by atoms with van der Waals surface area (Å²) in [5.41, 5.74) is 7.71. The minimum absolute atomic E-state index is 0.291. The fourth-order valence-corrected chi connectivity index (χ4v) is 4.41. The summed E-state index contributed by atoms with van der Waals surface area (Å²) in [5.74, 6) is 0. The van der Waals surface area contributed by atoms with Crippen LogP contribution in [0, 0.1) is 0 Å². The molecule has 132 valence electrons. The van der Waals surface area contributed by atoms with E-state index in [1.165, 1.54) is 33.4 Å². The molecule has 0 heteroatoms. The van der Waals surface area contributed by atoms with Crippen molar-refractivity contribution in [3.8, 4) is 0 Å². The van der Waals surface area contributed by atoms with Gasteiger partial charge in [0, 0.05) is 0 Å². The third-order valence-electron chi connectivity index (χ3n) is 5.54. The Labute approximate surface area is 162 Å². The average molecular weight is 348 g/mol. The highest BCUT2D eigenvalue weighted by Crippen LogP contribution is 2.54. The van der Waals surface area contributed by atoms with E-state index in [2.05, 4.69) is 111 Å². The molecule has 0 N–H and O–H groups in total. The van der Waals surface area contributed by atoms with Gasteiger partial charge in [-0.3, -0.25) is 0 Å². The van der Waals surface area contributed by atoms with E-state index in [0.717, 1.165) is 6.42 Å². The van der Waals surface area contributed by atoms with Crippen LogP contribution in [-0.2, 0) is 5.41 Å². The van der Waals surface area contributed by atoms with E-state index in [0.29, 0.717) is 0 Å². The predicted molar refractivity (Wildman–Crippen MR) is 116 cm³/mol. The Balaban J connectivity index is 2.10. The smallest absolute Gasteiger partial charge is 0.0710 e. The molecule has 0 amide bonds. The lowest BCUT2D eigenvalue weighted by atomic mass is 9.67. The maximum Gasteiger partial charge on any atom is 0.0710 e. The van der Waals surface area contributed by atoms with Crippen LogP contribution >= 0.6 is 0 Å². The zero-order valence-corrected chi connectivity index (χ0v) is 15.7. The molecule has 0 spiro atoms. The molecule has 0 radical (unpaired) electrons. The fourth-order valence-electron chi connectivity index (χ4n) is 4.41. The van der Waals surface area contributed by atoms with Gasteiger partial charge in [0.25, 0.3) is 0 Å². The Bertz CT molecular complexity index is 965. The molecule has 1 aliphatic rings. The van der Waals surface area contributed by atoms with Crippen LogP contribution in [0.3, 0.4) is 0 Å². The molecule has 0 aromatic heterocycles. The van der Waals surface area contributed by atoms with Gasteiger partial charge in [-0.1, -0.05) is 103 Å². The maximum absolute atomic E-state index is 3.87. The largest absolute Gasteiger partial charge is 0.103 e. The molecule has 3 aromatic rings. The molecule has 0 nitrogen and oxygen atoms in total. The maximum atomic E-state index is 3.87. The summed E-state index contributed by atoms with van der Waals surface area (Å²) in [5, 5.41) is 0. The van der Waals surface area contributed by atoms with E-state index >= 15 is 0 Å². The molecule has 0 saturated heterocycles. The van der Waals surface area contributed by atoms with Gasteiger partial charge in [-0.15, -0.1) is 6.58 Å². The third kappa shape index (κ3) is 2.69. The zero-order valence-electron chi connectivity index (χ0n) is 15.7. The van der Waals surface area contributed by atoms with E-state index in [-0.39, 0.29) is 5.41 Å². The first-order valence-corrected chi connectivity index (χ1v) is 9.50. The van der Waals surface area contributed by atoms with Gasteiger partial charge in [-0.05, 0) is 46.7 Å². The molecule has 3 aromatic carbocycles. The van der Waals surface area contributed by atoms with Crippen molar-refractivity contribution in [3.05, 3.63) is 138 Å². The van der Waals surface area contributed by atoms with Crippen LogP contribution in [-0.4, -0.2) is 0 Å². The lowest BCUT2D eigenvalue weighted by Gasteiger charge is -2.35. The highest BCUT2D eigenvalue weighted by Gasteiger charge is 2.45. The lowest BCUT2D eigenvalue weighted by molar-refractivity contribution is 0.760. The van der Waals surface area contributed by atoms with E-state index in [9.17, 15) is 0 Å². The van der Waals surface area contributed by atoms with Crippen molar-refractivity contribution in [1.29, 1.82) is 0 Å². The van der Waals surface area contributed by atoms with Crippen LogP contribution in [0.25, 0.3) is 5.57 Å². The van der Waals surface area contributed by atoms with Gasteiger partial charge in [0.05, 0.1) is 5.41 Å². The monoisotopic (exact) mass is 348 g/mol. The summed E-state index contributed by atoms with van der Waals surface area (Å²) in [6, 6.07) is 30.6. The third-order valence-corrected chi connectivity index (χ3v) is 5.54. The van der Waals surface area contributed by atoms with Crippen molar-refractivity contribution in [2.75, 3.05) is 0 Å². The summed E-state index contributed by atoms with van der Waals surface area (Å²) in [7, 11) is 0. The lowest BCUT2D eigenvalue weighted by Crippen LogP contribution is -2.29. The summed E-state index contributed by atoms with van der Waals surface area (Å²) in [6.07, 6.45) is 7.34. The molecule has 0 aliphatic heterocycles. The van der Waals surface area contributed by atoms with Gasteiger partial charge in [-0.25, -0.2) is 0 Å². The van der Waals surface area contributed by atoms with Gasteiger partial charge in [0.1, 0.15) is 0 Å². The van der Waals surface area contributed by atoms with Gasteiger partial charge < -0.3 is 0 Å². The van der Waals surface area contributed by atoms with E-state index in [1.54, 1.807) is 0 Å². The second-order valence-corrected chi connectivity index (χ2v) is 6.99. The highest BCUT2D eigenvalue weighted by atomic mass is 14.5. The SMILES string of the molecule is C=CC/C=C\C1=C(C)c2ccccc2C1(c1ccccc1)c1ccccc1. The molecule has 0 heterocycles. The number of hydrogen-bond donors (Lipinski definition) is 0. The normalized spacial score (nSPS) is 15.1. The quantitative estimate of drug-likeness (QED) is 0.438. The molecular formula is C27H24. The van der Waals surface area contributed by atoms with Crippen molar-refractivity contribution >= 4 is 5.57 Å². The van der Waals surface area contributed by atoms with Crippen molar-refractivity contribution < 1.29 is 0 Å². The standard InChI is InChI=1S/C27H24/c1-3-4-7-19-25-21(2)24-18-12-13-20-26(24)27(25,22-14-8-5-9-15-22)23-16-10-6-11-17-23/h3,5-20H,1,4H2,2H3/b19-7-. The number of fused-ring (bicyclic) bond motifs is 1. The summed E-state index contributed by atoms with van der Waals surface area (Å²) in [6.45, 7) is 6.12. The Hall–Kier alpha value is -3.12. The minimum atomic E-state index is -0.291. The molecule has 0 atom stereocenters. The topological polar surface area (TPSA) is 0 Å². The van der Waals surface area contributed by atoms with Gasteiger partial charge >= 0.3 is 0 Å². The zero-order chi connectivity index (χ0) is 18.7. The molecule has 4 rings (SSSR count). The van der Waals surface area contributed by atoms with Crippen LogP contribution in [0.2, 0.25) is 0 Å². The molecule has 0 unspecified atom stereocenters. The summed E-state index contributed by atoms with van der Waals surface area (Å²) in [4.78, 5) is 0. The van der Waals surface area contributed by atoms with Gasteiger partial charge in [0.2, 0.25) is 0 Å². The van der Waals surface area contributed by atoms with Crippen LogP contribution in [0.4, 0.5) is 0 Å². The molecular weight excluding hydrogens is 324 g/mol. The first-order valence-electron chi connectivity index (χ1n) is 9.50. The van der Waals surface area contributed by atoms with Crippen molar-refractivity contribution in [3.63, 3.8) is 0 Å². The van der Waals surface area contributed by atoms with Gasteiger partial charge in [0.15, 0.2) is 0 Å². The number of allylic oxidation sites excluding steroid dienone is 5. The van der Waals surface area contributed by atoms with Crippen LogP contribution < -0.4 is 0 Å². The van der Waals surface area contributed by atoms with Crippen molar-refractivity contribution in [1.82, 2.24) is 0 Å². The van der Waals surface area contributed by atoms with Crippen LogP contribution in [0.5, 0.6) is 0 Å². The Morgan fingerprint density at radius 1 is 0.778 bits per heavy atom. The Kier molecular flexibility index (Phi) is 4.64. The Morgan fingerprint density at radius 2 is 1.33 bits per heavy atom. The Morgan fingerprint density at radius 3 is 1.93 bits per heavy atom. The number of benzene rings is 3. The average Bonchev–Trinajstić information content (AvgIpc) is 2.99.